The van der Waals surface area contributed by atoms with Gasteiger partial charge in [0.1, 0.15) is 12.3 Å². The van der Waals surface area contributed by atoms with Crippen molar-refractivity contribution in [2.45, 2.75) is 32.4 Å². The van der Waals surface area contributed by atoms with Gasteiger partial charge in [0.2, 0.25) is 5.91 Å². The van der Waals surface area contributed by atoms with Crippen molar-refractivity contribution in [2.75, 3.05) is 52.4 Å². The molecular formula is C27H36N4O3. The van der Waals surface area contributed by atoms with Crippen LogP contribution in [0.3, 0.4) is 0 Å². The van der Waals surface area contributed by atoms with Crippen LogP contribution in [0.15, 0.2) is 54.6 Å². The highest BCUT2D eigenvalue weighted by Gasteiger charge is 2.31. The van der Waals surface area contributed by atoms with Crippen molar-refractivity contribution in [3.63, 3.8) is 0 Å². The summed E-state index contributed by atoms with van der Waals surface area (Å²) in [6, 6.07) is 17.8. The molecule has 2 aromatic carbocycles. The van der Waals surface area contributed by atoms with Crippen LogP contribution in [0.2, 0.25) is 0 Å². The van der Waals surface area contributed by atoms with Gasteiger partial charge in [0.15, 0.2) is 0 Å². The van der Waals surface area contributed by atoms with Crippen LogP contribution in [0.25, 0.3) is 0 Å². The second-order valence-corrected chi connectivity index (χ2v) is 9.01. The maximum Gasteiger partial charge on any atom is 0.254 e. The number of amides is 2. The second kappa shape index (κ2) is 12.0. The van der Waals surface area contributed by atoms with Gasteiger partial charge in [0, 0.05) is 57.4 Å². The van der Waals surface area contributed by atoms with Crippen molar-refractivity contribution in [2.24, 2.45) is 0 Å². The highest BCUT2D eigenvalue weighted by molar-refractivity contribution is 5.97. The lowest BCUT2D eigenvalue weighted by molar-refractivity contribution is -0.133. The number of benzene rings is 2. The molecule has 0 aliphatic carbocycles. The quantitative estimate of drug-likeness (QED) is 0.651. The highest BCUT2D eigenvalue weighted by Crippen LogP contribution is 2.22. The summed E-state index contributed by atoms with van der Waals surface area (Å²) in [6.07, 6.45) is 1.73. The lowest BCUT2D eigenvalue weighted by Crippen LogP contribution is -2.54. The number of rotatable bonds is 8. The van der Waals surface area contributed by atoms with Crippen molar-refractivity contribution in [3.05, 3.63) is 65.7 Å². The molecule has 0 unspecified atom stereocenters. The number of carbonyl (C=O) groups excluding carboxylic acids is 2. The van der Waals surface area contributed by atoms with Crippen molar-refractivity contribution in [3.8, 4) is 5.75 Å². The van der Waals surface area contributed by atoms with Gasteiger partial charge in [-0.2, -0.15) is 0 Å². The van der Waals surface area contributed by atoms with Gasteiger partial charge in [-0.25, -0.2) is 0 Å². The fourth-order valence-corrected chi connectivity index (χ4v) is 4.78. The van der Waals surface area contributed by atoms with Crippen molar-refractivity contribution in [1.82, 2.24) is 20.0 Å². The van der Waals surface area contributed by atoms with Crippen molar-refractivity contribution >= 4 is 11.8 Å². The van der Waals surface area contributed by atoms with Crippen LogP contribution in [0.1, 0.15) is 35.7 Å². The van der Waals surface area contributed by atoms with E-state index in [1.165, 1.54) is 5.56 Å². The molecule has 0 radical (unpaired) electrons. The Labute approximate surface area is 202 Å². The van der Waals surface area contributed by atoms with E-state index in [0.717, 1.165) is 51.3 Å². The van der Waals surface area contributed by atoms with E-state index in [2.05, 4.69) is 34.5 Å². The molecule has 34 heavy (non-hydrogen) atoms. The van der Waals surface area contributed by atoms with E-state index in [0.29, 0.717) is 25.3 Å². The van der Waals surface area contributed by atoms with Gasteiger partial charge in [-0.1, -0.05) is 30.3 Å². The Kier molecular flexibility index (Phi) is 8.55. The van der Waals surface area contributed by atoms with Crippen LogP contribution < -0.4 is 10.1 Å². The normalized spacial score (nSPS) is 17.4. The number of nitrogens with zero attached hydrogens (tertiary/aromatic N) is 3. The molecule has 2 aliphatic heterocycles. The summed E-state index contributed by atoms with van der Waals surface area (Å²) in [5, 5.41) is 3.28. The van der Waals surface area contributed by atoms with Gasteiger partial charge in [-0.3, -0.25) is 14.5 Å². The summed E-state index contributed by atoms with van der Waals surface area (Å²) >= 11 is 0. The molecule has 4 rings (SSSR count). The number of hydrogen-bond donors (Lipinski definition) is 1. The molecule has 7 heteroatoms. The molecule has 1 N–H and O–H groups in total. The molecule has 2 fully saturated rings. The lowest BCUT2D eigenvalue weighted by atomic mass is 10.0. The summed E-state index contributed by atoms with van der Waals surface area (Å²) in [4.78, 5) is 32.8. The summed E-state index contributed by atoms with van der Waals surface area (Å²) in [7, 11) is 0. The van der Waals surface area contributed by atoms with Crippen LogP contribution in [0.4, 0.5) is 0 Å². The van der Waals surface area contributed by atoms with Crippen LogP contribution in [-0.2, 0) is 11.3 Å². The molecule has 0 saturated carbocycles. The predicted octanol–water partition coefficient (Wildman–Crippen LogP) is 2.62. The molecule has 2 saturated heterocycles. The lowest BCUT2D eigenvalue weighted by Gasteiger charge is -2.39. The smallest absolute Gasteiger partial charge is 0.254 e. The number of carbonyl (C=O) groups is 2. The molecule has 0 atom stereocenters. The number of hydrogen-bond acceptors (Lipinski definition) is 5. The summed E-state index contributed by atoms with van der Waals surface area (Å²) in [5.74, 6) is 0.706. The van der Waals surface area contributed by atoms with E-state index in [1.807, 2.05) is 34.9 Å². The van der Waals surface area contributed by atoms with Crippen molar-refractivity contribution < 1.29 is 14.3 Å². The van der Waals surface area contributed by atoms with Gasteiger partial charge >= 0.3 is 0 Å². The molecule has 0 aromatic heterocycles. The van der Waals surface area contributed by atoms with E-state index >= 15 is 0 Å². The molecule has 7 nitrogen and oxygen atoms in total. The van der Waals surface area contributed by atoms with Crippen LogP contribution in [-0.4, -0.2) is 85.0 Å². The minimum Gasteiger partial charge on any atom is -0.494 e. The van der Waals surface area contributed by atoms with E-state index in [4.69, 9.17) is 4.74 Å². The zero-order chi connectivity index (χ0) is 23.8. The maximum absolute atomic E-state index is 13.6. The van der Waals surface area contributed by atoms with Crippen LogP contribution >= 0.6 is 0 Å². The van der Waals surface area contributed by atoms with E-state index in [9.17, 15) is 9.59 Å². The van der Waals surface area contributed by atoms with Gasteiger partial charge in [0.25, 0.3) is 5.91 Å². The second-order valence-electron chi connectivity index (χ2n) is 9.01. The van der Waals surface area contributed by atoms with Crippen LogP contribution in [0, 0.1) is 0 Å². The number of nitrogens with one attached hydrogen (secondary N) is 1. The third kappa shape index (κ3) is 6.36. The summed E-state index contributed by atoms with van der Waals surface area (Å²) in [6.45, 7) is 8.39. The number of piperazine rings is 1. The molecule has 2 aromatic rings. The molecule has 2 amide bonds. The Morgan fingerprint density at radius 1 is 0.971 bits per heavy atom. The molecular weight excluding hydrogens is 428 g/mol. The first-order chi connectivity index (χ1) is 16.6. The van der Waals surface area contributed by atoms with E-state index in [-0.39, 0.29) is 24.4 Å². The predicted molar refractivity (Wildman–Crippen MR) is 133 cm³/mol. The Morgan fingerprint density at radius 2 is 1.65 bits per heavy atom. The molecule has 182 valence electrons. The van der Waals surface area contributed by atoms with Crippen LogP contribution in [0.5, 0.6) is 5.75 Å². The van der Waals surface area contributed by atoms with Gasteiger partial charge in [-0.15, -0.1) is 0 Å². The standard InChI is InChI=1S/C27H36N4O3/c1-2-34-25-10-8-23(9-11-25)27(33)31(21-26(32)30-18-14-28-15-19-30)24-12-16-29(17-13-24)20-22-6-4-3-5-7-22/h3-11,24,28H,2,12-21H2,1H3. The summed E-state index contributed by atoms with van der Waals surface area (Å²) in [5.41, 5.74) is 1.90. The largest absolute Gasteiger partial charge is 0.494 e. The highest BCUT2D eigenvalue weighted by atomic mass is 16.5. The van der Waals surface area contributed by atoms with Gasteiger partial charge in [-0.05, 0) is 49.6 Å². The number of ether oxygens (including phenoxy) is 1. The Hall–Kier alpha value is -2.90. The third-order valence-electron chi connectivity index (χ3n) is 6.70. The average Bonchev–Trinajstić information content (AvgIpc) is 2.89. The SMILES string of the molecule is CCOc1ccc(C(=O)N(CC(=O)N2CCNCC2)C2CCN(Cc3ccccc3)CC2)cc1. The van der Waals surface area contributed by atoms with Gasteiger partial charge < -0.3 is 19.9 Å². The fourth-order valence-electron chi connectivity index (χ4n) is 4.78. The molecule has 2 aliphatic rings. The number of piperidine rings is 1. The minimum atomic E-state index is -0.0759. The van der Waals surface area contributed by atoms with Crippen molar-refractivity contribution in [1.29, 1.82) is 0 Å². The Bertz CT molecular complexity index is 921. The first-order valence-corrected chi connectivity index (χ1v) is 12.4. The first-order valence-electron chi connectivity index (χ1n) is 12.4. The molecule has 2 heterocycles. The van der Waals surface area contributed by atoms with E-state index < -0.39 is 0 Å². The molecule has 0 bridgehead atoms. The Morgan fingerprint density at radius 3 is 2.29 bits per heavy atom. The maximum atomic E-state index is 13.6. The first kappa shape index (κ1) is 24.2. The fraction of sp³-hybridized carbons (Fsp3) is 0.481. The zero-order valence-corrected chi connectivity index (χ0v) is 20.1. The van der Waals surface area contributed by atoms with Gasteiger partial charge in [0.05, 0.1) is 6.61 Å². The zero-order valence-electron chi connectivity index (χ0n) is 20.1. The molecule has 0 spiro atoms. The topological polar surface area (TPSA) is 65.1 Å². The Balaban J connectivity index is 1.44. The number of likely N-dealkylation sites (tertiary alicyclic amines) is 1. The third-order valence-corrected chi connectivity index (χ3v) is 6.70. The minimum absolute atomic E-state index is 0.0347. The summed E-state index contributed by atoms with van der Waals surface area (Å²) < 4.78 is 5.52. The monoisotopic (exact) mass is 464 g/mol. The van der Waals surface area contributed by atoms with E-state index in [1.54, 1.807) is 12.1 Å². The average molecular weight is 465 g/mol.